The number of nitrogens with one attached hydrogen (secondary N) is 1. The summed E-state index contributed by atoms with van der Waals surface area (Å²) in [6.45, 7) is 1.42. The number of halogens is 1. The molecule has 0 saturated heterocycles. The lowest BCUT2D eigenvalue weighted by atomic mass is 10.1. The first-order chi connectivity index (χ1) is 15.6. The highest BCUT2D eigenvalue weighted by Crippen LogP contribution is 2.31. The lowest BCUT2D eigenvalue weighted by Gasteiger charge is -2.26. The first kappa shape index (κ1) is 20.1. The molecule has 2 heterocycles. The summed E-state index contributed by atoms with van der Waals surface area (Å²) in [7, 11) is 0. The molecule has 0 aliphatic carbocycles. The van der Waals surface area contributed by atoms with Crippen LogP contribution in [0.5, 0.6) is 11.5 Å². The molecule has 1 aromatic heterocycles. The van der Waals surface area contributed by atoms with Gasteiger partial charge in [0.2, 0.25) is 0 Å². The monoisotopic (exact) mass is 431 g/mol. The molecule has 1 aliphatic heterocycles. The van der Waals surface area contributed by atoms with Crippen molar-refractivity contribution in [1.82, 2.24) is 15.1 Å². The average Bonchev–Trinajstić information content (AvgIpc) is 3.20. The molecule has 1 N–H and O–H groups in total. The summed E-state index contributed by atoms with van der Waals surface area (Å²) in [5.74, 6) is 1.04. The van der Waals surface area contributed by atoms with Crippen molar-refractivity contribution in [2.24, 2.45) is 0 Å². The van der Waals surface area contributed by atoms with Gasteiger partial charge in [0.05, 0.1) is 12.1 Å². The van der Waals surface area contributed by atoms with Gasteiger partial charge in [0.15, 0.2) is 17.6 Å². The number of hydrogen-bond acceptors (Lipinski definition) is 4. The van der Waals surface area contributed by atoms with Crippen LogP contribution in [0.25, 0.3) is 10.9 Å². The Morgan fingerprint density at radius 1 is 1.09 bits per heavy atom. The maximum atomic E-state index is 13.3. The number of carbonyl (C=O) groups excluding carboxylic acids is 1. The van der Waals surface area contributed by atoms with Crippen molar-refractivity contribution in [3.8, 4) is 11.5 Å². The third kappa shape index (κ3) is 4.42. The quantitative estimate of drug-likeness (QED) is 0.501. The minimum absolute atomic E-state index is 0.148. The Kier molecular flexibility index (Phi) is 5.46. The SMILES string of the molecule is O=C(NCCc1cccc(F)c1)c1ccc2nn(CC3COc4ccccc4O3)cc2c1. The molecule has 6 nitrogen and oxygen atoms in total. The third-order valence-corrected chi connectivity index (χ3v) is 5.36. The second-order valence-corrected chi connectivity index (χ2v) is 7.76. The topological polar surface area (TPSA) is 65.4 Å². The largest absolute Gasteiger partial charge is 0.486 e. The van der Waals surface area contributed by atoms with Crippen molar-refractivity contribution in [3.63, 3.8) is 0 Å². The molecule has 0 bridgehead atoms. The van der Waals surface area contributed by atoms with Crippen LogP contribution in [0.15, 0.2) is 72.9 Å². The Bertz CT molecular complexity index is 1270. The minimum atomic E-state index is -0.273. The number of amides is 1. The molecule has 0 spiro atoms. The highest BCUT2D eigenvalue weighted by Gasteiger charge is 2.21. The molecule has 162 valence electrons. The molecule has 4 aromatic rings. The summed E-state index contributed by atoms with van der Waals surface area (Å²) in [5, 5.41) is 8.35. The summed E-state index contributed by atoms with van der Waals surface area (Å²) in [6.07, 6.45) is 2.32. The van der Waals surface area contributed by atoms with E-state index in [2.05, 4.69) is 10.4 Å². The van der Waals surface area contributed by atoms with E-state index in [0.29, 0.717) is 31.7 Å². The van der Waals surface area contributed by atoms with Gasteiger partial charge in [-0.15, -0.1) is 0 Å². The molecule has 5 rings (SSSR count). The molecule has 1 aliphatic rings. The first-order valence-corrected chi connectivity index (χ1v) is 10.5. The number of ether oxygens (including phenoxy) is 2. The van der Waals surface area contributed by atoms with E-state index in [1.165, 1.54) is 12.1 Å². The molecule has 0 saturated carbocycles. The number of rotatable bonds is 6. The van der Waals surface area contributed by atoms with E-state index in [0.717, 1.165) is 28.0 Å². The molecule has 1 atom stereocenters. The van der Waals surface area contributed by atoms with Gasteiger partial charge in [0.1, 0.15) is 12.4 Å². The number of nitrogens with zero attached hydrogens (tertiary/aromatic N) is 2. The summed E-state index contributed by atoms with van der Waals surface area (Å²) < 4.78 is 26.9. The van der Waals surface area contributed by atoms with Gasteiger partial charge < -0.3 is 14.8 Å². The van der Waals surface area contributed by atoms with Crippen LogP contribution in [-0.2, 0) is 13.0 Å². The highest BCUT2D eigenvalue weighted by molar-refractivity contribution is 5.97. The first-order valence-electron chi connectivity index (χ1n) is 10.5. The Morgan fingerprint density at radius 3 is 2.84 bits per heavy atom. The lowest BCUT2D eigenvalue weighted by Crippen LogP contribution is -2.33. The Morgan fingerprint density at radius 2 is 1.97 bits per heavy atom. The fraction of sp³-hybridized carbons (Fsp3) is 0.200. The van der Waals surface area contributed by atoms with Gasteiger partial charge in [-0.2, -0.15) is 5.10 Å². The van der Waals surface area contributed by atoms with Crippen LogP contribution in [0.4, 0.5) is 4.39 Å². The number of hydrogen-bond donors (Lipinski definition) is 1. The van der Waals surface area contributed by atoms with Gasteiger partial charge >= 0.3 is 0 Å². The highest BCUT2D eigenvalue weighted by atomic mass is 19.1. The van der Waals surface area contributed by atoms with E-state index in [9.17, 15) is 9.18 Å². The predicted octanol–water partition coefficient (Wildman–Crippen LogP) is 3.99. The normalized spacial score (nSPS) is 15.0. The zero-order chi connectivity index (χ0) is 21.9. The summed E-state index contributed by atoms with van der Waals surface area (Å²) in [5.41, 5.74) is 2.21. The smallest absolute Gasteiger partial charge is 0.251 e. The van der Waals surface area contributed by atoms with Crippen LogP contribution < -0.4 is 14.8 Å². The minimum Gasteiger partial charge on any atom is -0.486 e. The average molecular weight is 431 g/mol. The van der Waals surface area contributed by atoms with Crippen molar-refractivity contribution in [2.75, 3.05) is 13.2 Å². The van der Waals surface area contributed by atoms with E-state index >= 15 is 0 Å². The Balaban J connectivity index is 1.21. The number of carbonyl (C=O) groups is 1. The fourth-order valence-corrected chi connectivity index (χ4v) is 3.79. The van der Waals surface area contributed by atoms with E-state index < -0.39 is 0 Å². The maximum absolute atomic E-state index is 13.3. The van der Waals surface area contributed by atoms with Crippen molar-refractivity contribution in [2.45, 2.75) is 19.1 Å². The molecule has 1 amide bonds. The molecule has 0 radical (unpaired) electrons. The van der Waals surface area contributed by atoms with Crippen molar-refractivity contribution >= 4 is 16.8 Å². The molecular weight excluding hydrogens is 409 g/mol. The van der Waals surface area contributed by atoms with Crippen molar-refractivity contribution in [3.05, 3.63) is 89.9 Å². The van der Waals surface area contributed by atoms with E-state index in [1.54, 1.807) is 12.1 Å². The molecule has 32 heavy (non-hydrogen) atoms. The Labute approximate surface area is 184 Å². The molecule has 1 unspecified atom stereocenters. The molecule has 0 fully saturated rings. The van der Waals surface area contributed by atoms with Crippen LogP contribution >= 0.6 is 0 Å². The second kappa shape index (κ2) is 8.70. The molecule has 7 heteroatoms. The zero-order valence-corrected chi connectivity index (χ0v) is 17.3. The van der Waals surface area contributed by atoms with Gasteiger partial charge in [-0.3, -0.25) is 9.48 Å². The summed E-state index contributed by atoms with van der Waals surface area (Å²) in [4.78, 5) is 12.5. The maximum Gasteiger partial charge on any atom is 0.251 e. The predicted molar refractivity (Wildman–Crippen MR) is 119 cm³/mol. The fourth-order valence-electron chi connectivity index (χ4n) is 3.79. The van der Waals surface area contributed by atoms with Crippen LogP contribution in [0, 0.1) is 5.82 Å². The zero-order valence-electron chi connectivity index (χ0n) is 17.3. The van der Waals surface area contributed by atoms with Crippen LogP contribution in [0.3, 0.4) is 0 Å². The van der Waals surface area contributed by atoms with Gasteiger partial charge in [-0.25, -0.2) is 4.39 Å². The second-order valence-electron chi connectivity index (χ2n) is 7.76. The number of fused-ring (bicyclic) bond motifs is 2. The van der Waals surface area contributed by atoms with E-state index in [-0.39, 0.29) is 17.8 Å². The van der Waals surface area contributed by atoms with E-state index in [1.807, 2.05) is 53.3 Å². The van der Waals surface area contributed by atoms with Crippen molar-refractivity contribution < 1.29 is 18.7 Å². The van der Waals surface area contributed by atoms with Gasteiger partial charge in [-0.05, 0) is 54.4 Å². The van der Waals surface area contributed by atoms with Gasteiger partial charge in [0.25, 0.3) is 5.91 Å². The summed E-state index contributed by atoms with van der Waals surface area (Å²) >= 11 is 0. The number of benzene rings is 3. The third-order valence-electron chi connectivity index (χ3n) is 5.36. The molecular formula is C25H22FN3O3. The Hall–Kier alpha value is -3.87. The number of para-hydroxylation sites is 2. The summed E-state index contributed by atoms with van der Waals surface area (Å²) in [6, 6.07) is 19.4. The molecule has 3 aromatic carbocycles. The van der Waals surface area contributed by atoms with Crippen LogP contribution in [-0.4, -0.2) is 34.9 Å². The van der Waals surface area contributed by atoms with Crippen molar-refractivity contribution in [1.29, 1.82) is 0 Å². The lowest BCUT2D eigenvalue weighted by molar-refractivity contribution is 0.0760. The van der Waals surface area contributed by atoms with Gasteiger partial charge in [-0.1, -0.05) is 24.3 Å². The standard InChI is InChI=1S/C25H22FN3O3/c26-20-5-3-4-17(12-20)10-11-27-25(30)18-8-9-22-19(13-18)14-29(28-22)15-21-16-31-23-6-1-2-7-24(23)32-21/h1-9,12-14,21H,10-11,15-16H2,(H,27,30). The van der Waals surface area contributed by atoms with Crippen LogP contribution in [0.1, 0.15) is 15.9 Å². The van der Waals surface area contributed by atoms with Crippen LogP contribution in [0.2, 0.25) is 0 Å². The van der Waals surface area contributed by atoms with Gasteiger partial charge in [0, 0.05) is 23.7 Å². The van der Waals surface area contributed by atoms with E-state index in [4.69, 9.17) is 9.47 Å². The number of aromatic nitrogens is 2.